The second kappa shape index (κ2) is 5.54. The number of hydrogen-bond acceptors (Lipinski definition) is 4. The van der Waals surface area contributed by atoms with Crippen molar-refractivity contribution in [3.63, 3.8) is 0 Å². The summed E-state index contributed by atoms with van der Waals surface area (Å²) in [5.74, 6) is 0.780. The normalized spacial score (nSPS) is 12.9. The van der Waals surface area contributed by atoms with Crippen molar-refractivity contribution in [1.82, 2.24) is 25.9 Å². The van der Waals surface area contributed by atoms with Crippen molar-refractivity contribution in [3.8, 4) is 0 Å². The van der Waals surface area contributed by atoms with Crippen molar-refractivity contribution >= 4 is 0 Å². The Morgan fingerprint density at radius 3 is 2.59 bits per heavy atom. The number of aromatic nitrogens is 4. The molecule has 0 spiro atoms. The lowest BCUT2D eigenvalue weighted by Gasteiger charge is -2.18. The Kier molecular flexibility index (Phi) is 3.82. The van der Waals surface area contributed by atoms with Crippen LogP contribution in [0.4, 0.5) is 0 Å². The fraction of sp³-hybridized carbons (Fsp3) is 0.417. The highest BCUT2D eigenvalue weighted by Gasteiger charge is 2.16. The van der Waals surface area contributed by atoms with Gasteiger partial charge in [-0.15, -0.1) is 5.10 Å². The van der Waals surface area contributed by atoms with Gasteiger partial charge in [-0.3, -0.25) is 0 Å². The van der Waals surface area contributed by atoms with Crippen LogP contribution in [0.25, 0.3) is 0 Å². The van der Waals surface area contributed by atoms with Gasteiger partial charge in [0.25, 0.3) is 0 Å². The summed E-state index contributed by atoms with van der Waals surface area (Å²) in [6, 6.07) is 10.8. The van der Waals surface area contributed by atoms with Crippen LogP contribution >= 0.6 is 0 Å². The number of aromatic amines is 1. The first-order valence-corrected chi connectivity index (χ1v) is 5.79. The molecular weight excluding hydrogens is 214 g/mol. The van der Waals surface area contributed by atoms with E-state index in [1.807, 2.05) is 18.2 Å². The third-order valence-electron chi connectivity index (χ3n) is 2.51. The predicted octanol–water partition coefficient (Wildman–Crippen LogP) is 1.48. The number of hydrogen-bond donors (Lipinski definition) is 2. The van der Waals surface area contributed by atoms with Crippen LogP contribution in [-0.2, 0) is 6.42 Å². The Morgan fingerprint density at radius 1 is 1.24 bits per heavy atom. The molecule has 0 fully saturated rings. The largest absolute Gasteiger partial charge is 0.305 e. The smallest absolute Gasteiger partial charge is 0.165 e. The van der Waals surface area contributed by atoms with E-state index in [-0.39, 0.29) is 6.04 Å². The number of rotatable bonds is 5. The minimum atomic E-state index is 0.118. The number of tetrazole rings is 1. The van der Waals surface area contributed by atoms with E-state index in [0.29, 0.717) is 6.04 Å². The van der Waals surface area contributed by atoms with Gasteiger partial charge in [0.15, 0.2) is 5.82 Å². The van der Waals surface area contributed by atoms with Gasteiger partial charge in [0.2, 0.25) is 0 Å². The maximum atomic E-state index is 3.99. The Labute approximate surface area is 101 Å². The minimum Gasteiger partial charge on any atom is -0.305 e. The summed E-state index contributed by atoms with van der Waals surface area (Å²) < 4.78 is 0. The number of H-pyrrole nitrogens is 1. The molecule has 0 radical (unpaired) electrons. The van der Waals surface area contributed by atoms with Crippen molar-refractivity contribution in [2.75, 3.05) is 0 Å². The summed E-state index contributed by atoms with van der Waals surface area (Å²) in [6.45, 7) is 4.23. The van der Waals surface area contributed by atoms with Crippen molar-refractivity contribution in [3.05, 3.63) is 41.7 Å². The zero-order valence-corrected chi connectivity index (χ0v) is 10.1. The van der Waals surface area contributed by atoms with Gasteiger partial charge in [-0.25, -0.2) is 5.10 Å². The van der Waals surface area contributed by atoms with Crippen LogP contribution in [0, 0.1) is 0 Å². The van der Waals surface area contributed by atoms with Crippen LogP contribution in [0.3, 0.4) is 0 Å². The molecule has 5 nitrogen and oxygen atoms in total. The molecule has 2 aromatic rings. The van der Waals surface area contributed by atoms with Crippen LogP contribution in [-0.4, -0.2) is 26.7 Å². The summed E-state index contributed by atoms with van der Waals surface area (Å²) in [4.78, 5) is 0. The molecule has 5 heteroatoms. The van der Waals surface area contributed by atoms with E-state index in [9.17, 15) is 0 Å². The summed E-state index contributed by atoms with van der Waals surface area (Å²) >= 11 is 0. The van der Waals surface area contributed by atoms with Gasteiger partial charge in [-0.1, -0.05) is 44.2 Å². The monoisotopic (exact) mass is 231 g/mol. The topological polar surface area (TPSA) is 66.5 Å². The molecule has 0 amide bonds. The fourth-order valence-electron chi connectivity index (χ4n) is 1.80. The molecule has 17 heavy (non-hydrogen) atoms. The second-order valence-electron chi connectivity index (χ2n) is 4.35. The standard InChI is InChI=1S/C12H17N5/c1-9(2)13-11(12-14-16-17-15-12)8-10-6-4-3-5-7-10/h3-7,9,11,13H,8H2,1-2H3,(H,14,15,16,17). The Bertz CT molecular complexity index is 423. The van der Waals surface area contributed by atoms with Crippen molar-refractivity contribution in [2.45, 2.75) is 32.4 Å². The first kappa shape index (κ1) is 11.7. The third kappa shape index (κ3) is 3.35. The van der Waals surface area contributed by atoms with E-state index >= 15 is 0 Å². The molecule has 1 heterocycles. The molecule has 0 aliphatic rings. The summed E-state index contributed by atoms with van der Waals surface area (Å²) in [5, 5.41) is 17.5. The van der Waals surface area contributed by atoms with Gasteiger partial charge >= 0.3 is 0 Å². The van der Waals surface area contributed by atoms with E-state index in [0.717, 1.165) is 12.2 Å². The molecule has 90 valence electrons. The zero-order chi connectivity index (χ0) is 12.1. The lowest BCUT2D eigenvalue weighted by Crippen LogP contribution is -2.30. The van der Waals surface area contributed by atoms with Crippen molar-refractivity contribution in [2.24, 2.45) is 0 Å². The Morgan fingerprint density at radius 2 is 2.00 bits per heavy atom. The zero-order valence-electron chi connectivity index (χ0n) is 10.1. The van der Waals surface area contributed by atoms with Crippen LogP contribution in [0.1, 0.15) is 31.3 Å². The van der Waals surface area contributed by atoms with Crippen molar-refractivity contribution in [1.29, 1.82) is 0 Å². The molecule has 0 bridgehead atoms. The quantitative estimate of drug-likeness (QED) is 0.818. The molecule has 0 aliphatic carbocycles. The van der Waals surface area contributed by atoms with Gasteiger partial charge in [0, 0.05) is 6.04 Å². The minimum absolute atomic E-state index is 0.118. The van der Waals surface area contributed by atoms with Crippen molar-refractivity contribution < 1.29 is 0 Å². The van der Waals surface area contributed by atoms with Gasteiger partial charge in [-0.2, -0.15) is 0 Å². The Hall–Kier alpha value is -1.75. The number of nitrogens with one attached hydrogen (secondary N) is 2. The average molecular weight is 231 g/mol. The highest BCUT2D eigenvalue weighted by atomic mass is 15.5. The lowest BCUT2D eigenvalue weighted by molar-refractivity contribution is 0.456. The molecule has 1 aromatic carbocycles. The highest BCUT2D eigenvalue weighted by Crippen LogP contribution is 2.14. The first-order valence-electron chi connectivity index (χ1n) is 5.79. The summed E-state index contributed by atoms with van der Waals surface area (Å²) in [6.07, 6.45) is 0.871. The van der Waals surface area contributed by atoms with Crippen LogP contribution < -0.4 is 5.32 Å². The maximum absolute atomic E-state index is 3.99. The molecule has 1 atom stereocenters. The van der Waals surface area contributed by atoms with E-state index in [4.69, 9.17) is 0 Å². The van der Waals surface area contributed by atoms with Gasteiger partial charge in [0.1, 0.15) is 0 Å². The van der Waals surface area contributed by atoms with Gasteiger partial charge in [0.05, 0.1) is 6.04 Å². The predicted molar refractivity (Wildman–Crippen MR) is 65.3 cm³/mol. The fourth-order valence-corrected chi connectivity index (χ4v) is 1.80. The van der Waals surface area contributed by atoms with E-state index in [2.05, 4.69) is 51.9 Å². The van der Waals surface area contributed by atoms with Gasteiger partial charge in [-0.05, 0) is 22.4 Å². The third-order valence-corrected chi connectivity index (χ3v) is 2.51. The number of nitrogens with zero attached hydrogens (tertiary/aromatic N) is 3. The average Bonchev–Trinajstić information content (AvgIpc) is 2.82. The second-order valence-corrected chi connectivity index (χ2v) is 4.35. The molecule has 0 aliphatic heterocycles. The van der Waals surface area contributed by atoms with Crippen LogP contribution in [0.5, 0.6) is 0 Å². The highest BCUT2D eigenvalue weighted by molar-refractivity contribution is 5.17. The van der Waals surface area contributed by atoms with Crippen LogP contribution in [0.2, 0.25) is 0 Å². The SMILES string of the molecule is CC(C)NC(Cc1ccccc1)c1nnn[nH]1. The molecule has 0 saturated carbocycles. The lowest BCUT2D eigenvalue weighted by atomic mass is 10.0. The van der Waals surface area contributed by atoms with E-state index in [1.165, 1.54) is 5.56 Å². The summed E-state index contributed by atoms with van der Waals surface area (Å²) in [7, 11) is 0. The molecule has 0 saturated heterocycles. The molecular formula is C12H17N5. The first-order chi connectivity index (χ1) is 8.25. The number of benzene rings is 1. The van der Waals surface area contributed by atoms with Crippen LogP contribution in [0.15, 0.2) is 30.3 Å². The maximum Gasteiger partial charge on any atom is 0.165 e. The molecule has 1 aromatic heterocycles. The van der Waals surface area contributed by atoms with E-state index in [1.54, 1.807) is 0 Å². The summed E-state index contributed by atoms with van der Waals surface area (Å²) in [5.41, 5.74) is 1.27. The van der Waals surface area contributed by atoms with E-state index < -0.39 is 0 Å². The van der Waals surface area contributed by atoms with Gasteiger partial charge < -0.3 is 5.32 Å². The molecule has 2 N–H and O–H groups in total. The molecule has 2 rings (SSSR count). The molecule has 1 unspecified atom stereocenters. The Balaban J connectivity index is 2.11.